The molecule has 2 aromatic rings. The van der Waals surface area contributed by atoms with Gasteiger partial charge < -0.3 is 15.4 Å². The molecular formula is C23H27FN4O2. The number of allylic oxidation sites excluding steroid dienone is 2. The summed E-state index contributed by atoms with van der Waals surface area (Å²) in [6.07, 6.45) is 8.66. The molecule has 0 bridgehead atoms. The normalized spacial score (nSPS) is 22.7. The van der Waals surface area contributed by atoms with Crippen molar-refractivity contribution in [3.05, 3.63) is 41.7 Å². The number of dihydropyridines is 1. The van der Waals surface area contributed by atoms with Crippen molar-refractivity contribution in [3.63, 3.8) is 0 Å². The Morgan fingerprint density at radius 3 is 2.87 bits per heavy atom. The van der Waals surface area contributed by atoms with Gasteiger partial charge in [0.05, 0.1) is 18.5 Å². The van der Waals surface area contributed by atoms with Crippen molar-refractivity contribution in [2.75, 3.05) is 12.4 Å². The predicted molar refractivity (Wildman–Crippen MR) is 116 cm³/mol. The van der Waals surface area contributed by atoms with Crippen molar-refractivity contribution in [2.24, 2.45) is 5.92 Å². The Morgan fingerprint density at radius 1 is 1.40 bits per heavy atom. The minimum atomic E-state index is -1.04. The Bertz CT molecular complexity index is 1030. The van der Waals surface area contributed by atoms with Crippen molar-refractivity contribution in [1.82, 2.24) is 15.3 Å². The van der Waals surface area contributed by atoms with Gasteiger partial charge in [-0.2, -0.15) is 0 Å². The lowest BCUT2D eigenvalue weighted by atomic mass is 9.94. The fraction of sp³-hybridized carbons (Fsp3) is 0.435. The number of carbonyl (C=O) groups is 1. The van der Waals surface area contributed by atoms with Crippen LogP contribution in [0, 0.1) is 5.92 Å². The van der Waals surface area contributed by atoms with E-state index < -0.39 is 12.1 Å². The van der Waals surface area contributed by atoms with Gasteiger partial charge in [0.1, 0.15) is 12.0 Å². The summed E-state index contributed by atoms with van der Waals surface area (Å²) in [6.45, 7) is 4.29. The van der Waals surface area contributed by atoms with Gasteiger partial charge in [0.25, 0.3) is 0 Å². The number of hydrogen-bond acceptors (Lipinski definition) is 5. The maximum absolute atomic E-state index is 13.1. The Labute approximate surface area is 175 Å². The molecule has 3 atom stereocenters. The fourth-order valence-electron chi connectivity index (χ4n) is 3.75. The Kier molecular flexibility index (Phi) is 5.70. The van der Waals surface area contributed by atoms with E-state index in [1.165, 1.54) is 18.4 Å². The van der Waals surface area contributed by atoms with Gasteiger partial charge in [-0.1, -0.05) is 25.8 Å². The molecule has 6 nitrogen and oxygen atoms in total. The molecule has 1 saturated carbocycles. The molecule has 30 heavy (non-hydrogen) atoms. The van der Waals surface area contributed by atoms with Crippen LogP contribution in [0.5, 0.6) is 5.88 Å². The number of ether oxygens (including phenoxy) is 1. The average Bonchev–Trinajstić information content (AvgIpc) is 3.48. The smallest absolute Gasteiger partial charge is 0.231 e. The van der Waals surface area contributed by atoms with Crippen LogP contribution in [0.25, 0.3) is 16.5 Å². The van der Waals surface area contributed by atoms with Gasteiger partial charge in [-0.25, -0.2) is 14.4 Å². The summed E-state index contributed by atoms with van der Waals surface area (Å²) in [7, 11) is 1.59. The van der Waals surface area contributed by atoms with Crippen molar-refractivity contribution < 1.29 is 13.9 Å². The topological polar surface area (TPSA) is 76.1 Å². The van der Waals surface area contributed by atoms with Crippen LogP contribution in [0.2, 0.25) is 0 Å². The lowest BCUT2D eigenvalue weighted by Crippen LogP contribution is -2.25. The number of halogens is 1. The highest BCUT2D eigenvalue weighted by atomic mass is 19.1. The molecule has 3 unspecified atom stereocenters. The number of unbranched alkanes of at least 4 members (excludes halogenated alkanes) is 1. The molecule has 3 heterocycles. The van der Waals surface area contributed by atoms with Crippen LogP contribution in [0.4, 0.5) is 10.2 Å². The third-order valence-corrected chi connectivity index (χ3v) is 5.63. The second-order valence-electron chi connectivity index (χ2n) is 7.98. The molecule has 0 spiro atoms. The van der Waals surface area contributed by atoms with Crippen molar-refractivity contribution in [2.45, 2.75) is 51.7 Å². The number of pyridine rings is 2. The number of hydrogen-bond donors (Lipinski definition) is 2. The number of nitrogens with one attached hydrogen (secondary N) is 2. The molecule has 0 saturated heterocycles. The first-order chi connectivity index (χ1) is 14.5. The second kappa shape index (κ2) is 8.42. The van der Waals surface area contributed by atoms with Gasteiger partial charge in [0.2, 0.25) is 11.8 Å². The highest BCUT2D eigenvalue weighted by molar-refractivity contribution is 5.96. The number of fused-ring (bicyclic) bond motifs is 1. The van der Waals surface area contributed by atoms with E-state index in [9.17, 15) is 9.18 Å². The van der Waals surface area contributed by atoms with Crippen molar-refractivity contribution in [1.29, 1.82) is 0 Å². The first kappa shape index (κ1) is 20.3. The molecule has 158 valence electrons. The quantitative estimate of drug-likeness (QED) is 0.708. The Morgan fingerprint density at radius 2 is 2.20 bits per heavy atom. The monoisotopic (exact) mass is 410 g/mol. The van der Waals surface area contributed by atoms with Gasteiger partial charge in [-0.3, -0.25) is 4.79 Å². The summed E-state index contributed by atoms with van der Waals surface area (Å²) < 4.78 is 18.7. The molecular weight excluding hydrogens is 383 g/mol. The number of aromatic nitrogens is 2. The molecule has 0 radical (unpaired) electrons. The molecule has 1 aliphatic carbocycles. The maximum Gasteiger partial charge on any atom is 0.231 e. The van der Waals surface area contributed by atoms with E-state index in [1.54, 1.807) is 19.4 Å². The van der Waals surface area contributed by atoms with Gasteiger partial charge in [0, 0.05) is 41.0 Å². The average molecular weight is 410 g/mol. The number of nitrogens with zero attached hydrogens (tertiary/aromatic N) is 2. The molecule has 2 aliphatic rings. The Balaban J connectivity index is 1.60. The van der Waals surface area contributed by atoms with E-state index in [0.717, 1.165) is 22.9 Å². The molecule has 2 N–H and O–H groups in total. The zero-order valence-corrected chi connectivity index (χ0v) is 17.5. The number of alkyl halides is 1. The van der Waals surface area contributed by atoms with E-state index in [0.29, 0.717) is 23.3 Å². The van der Waals surface area contributed by atoms with Crippen LogP contribution in [-0.4, -0.2) is 35.2 Å². The summed E-state index contributed by atoms with van der Waals surface area (Å²) in [4.78, 5) is 20.9. The van der Waals surface area contributed by atoms with E-state index >= 15 is 0 Å². The van der Waals surface area contributed by atoms with Gasteiger partial charge in [-0.15, -0.1) is 0 Å². The van der Waals surface area contributed by atoms with Crippen LogP contribution in [0.15, 0.2) is 36.2 Å². The minimum absolute atomic E-state index is 0.282. The second-order valence-corrected chi connectivity index (χ2v) is 7.98. The highest BCUT2D eigenvalue weighted by Gasteiger charge is 2.43. The van der Waals surface area contributed by atoms with E-state index in [4.69, 9.17) is 4.74 Å². The van der Waals surface area contributed by atoms with Gasteiger partial charge >= 0.3 is 0 Å². The fourth-order valence-corrected chi connectivity index (χ4v) is 3.75. The molecule has 4 rings (SSSR count). The number of carbonyl (C=O) groups excluding carboxylic acids is 1. The van der Waals surface area contributed by atoms with Crippen LogP contribution in [0.1, 0.15) is 45.1 Å². The third-order valence-electron chi connectivity index (χ3n) is 5.63. The van der Waals surface area contributed by atoms with Crippen LogP contribution < -0.4 is 15.4 Å². The largest absolute Gasteiger partial charge is 0.481 e. The lowest BCUT2D eigenvalue weighted by Gasteiger charge is -2.23. The summed E-state index contributed by atoms with van der Waals surface area (Å²) in [5, 5.41) is 6.97. The summed E-state index contributed by atoms with van der Waals surface area (Å²) in [6, 6.07) is 4.03. The summed E-state index contributed by atoms with van der Waals surface area (Å²) in [5.41, 5.74) is 3.75. The van der Waals surface area contributed by atoms with Crippen LogP contribution >= 0.6 is 0 Å². The molecule has 1 amide bonds. The standard InChI is InChI=1S/C23H27FN4O2/c1-4-5-6-15-7-13(2)18(12-25-15)16-8-14-11-26-21(10-20(14)27-23(16)30-3)28-22(29)17-9-19(17)24/h7-8,10-12,15,17,19,25H,4-6,9H2,1-3H3,(H,26,28,29). The molecule has 7 heteroatoms. The first-order valence-electron chi connectivity index (χ1n) is 10.4. The summed E-state index contributed by atoms with van der Waals surface area (Å²) >= 11 is 0. The number of rotatable bonds is 7. The molecule has 2 aromatic heterocycles. The molecule has 0 aromatic carbocycles. The first-order valence-corrected chi connectivity index (χ1v) is 10.4. The number of anilines is 1. The van der Waals surface area contributed by atoms with Crippen molar-refractivity contribution >= 4 is 28.2 Å². The van der Waals surface area contributed by atoms with Crippen molar-refractivity contribution in [3.8, 4) is 5.88 Å². The van der Waals surface area contributed by atoms with Crippen LogP contribution in [0.3, 0.4) is 0 Å². The molecule has 1 aliphatic heterocycles. The predicted octanol–water partition coefficient (Wildman–Crippen LogP) is 4.38. The van der Waals surface area contributed by atoms with E-state index in [-0.39, 0.29) is 12.3 Å². The third kappa shape index (κ3) is 4.15. The van der Waals surface area contributed by atoms with E-state index in [1.807, 2.05) is 12.3 Å². The minimum Gasteiger partial charge on any atom is -0.481 e. The van der Waals surface area contributed by atoms with Gasteiger partial charge in [0.15, 0.2) is 0 Å². The number of methoxy groups -OCH3 is 1. The molecule has 1 fully saturated rings. The SMILES string of the molecule is CCCCC1C=C(C)C(c2cc3cnc(NC(=O)C4CC4F)cc3nc2OC)=CN1. The highest BCUT2D eigenvalue weighted by Crippen LogP contribution is 2.36. The number of amides is 1. The van der Waals surface area contributed by atoms with E-state index in [2.05, 4.69) is 40.5 Å². The zero-order chi connectivity index (χ0) is 21.3. The zero-order valence-electron chi connectivity index (χ0n) is 17.5. The lowest BCUT2D eigenvalue weighted by molar-refractivity contribution is -0.117. The van der Waals surface area contributed by atoms with Crippen LogP contribution in [-0.2, 0) is 4.79 Å². The Hall–Kier alpha value is -2.96. The van der Waals surface area contributed by atoms with Gasteiger partial charge in [-0.05, 0) is 31.4 Å². The summed E-state index contributed by atoms with van der Waals surface area (Å²) in [5.74, 6) is -0.0316. The maximum atomic E-state index is 13.1.